The zero-order valence-electron chi connectivity index (χ0n) is 10.1. The van der Waals surface area contributed by atoms with Crippen LogP contribution in [0.3, 0.4) is 0 Å². The van der Waals surface area contributed by atoms with Crippen molar-refractivity contribution >= 4 is 5.97 Å². The Balaban J connectivity index is 2.36. The van der Waals surface area contributed by atoms with E-state index in [2.05, 4.69) is 9.97 Å². The maximum Gasteiger partial charge on any atom is 0.304 e. The third kappa shape index (κ3) is 2.91. The van der Waals surface area contributed by atoms with Gasteiger partial charge in [-0.1, -0.05) is 29.8 Å². The molecule has 0 saturated heterocycles. The molecule has 1 N–H and O–H groups in total. The fourth-order valence-corrected chi connectivity index (χ4v) is 1.87. The predicted octanol–water partition coefficient (Wildman–Crippen LogP) is 2.39. The number of rotatable bonds is 4. The van der Waals surface area contributed by atoms with E-state index in [1.165, 1.54) is 6.33 Å². The molecule has 18 heavy (non-hydrogen) atoms. The van der Waals surface area contributed by atoms with Crippen molar-refractivity contribution in [3.05, 3.63) is 59.7 Å². The molecule has 0 bridgehead atoms. The number of aliphatic carboxylic acids is 1. The molecule has 2 aromatic rings. The van der Waals surface area contributed by atoms with Gasteiger partial charge in [-0.3, -0.25) is 4.79 Å². The zero-order valence-corrected chi connectivity index (χ0v) is 10.1. The van der Waals surface area contributed by atoms with Crippen molar-refractivity contribution in [2.24, 2.45) is 0 Å². The van der Waals surface area contributed by atoms with Crippen LogP contribution in [0.2, 0.25) is 0 Å². The van der Waals surface area contributed by atoms with Gasteiger partial charge in [-0.25, -0.2) is 9.97 Å². The van der Waals surface area contributed by atoms with E-state index in [-0.39, 0.29) is 12.3 Å². The number of benzene rings is 1. The highest BCUT2D eigenvalue weighted by molar-refractivity contribution is 5.68. The zero-order chi connectivity index (χ0) is 13.0. The molecule has 0 aliphatic carbocycles. The van der Waals surface area contributed by atoms with Crippen LogP contribution in [0.15, 0.2) is 42.9 Å². The summed E-state index contributed by atoms with van der Waals surface area (Å²) in [5.41, 5.74) is 2.84. The van der Waals surface area contributed by atoms with Gasteiger partial charge in [0.1, 0.15) is 6.33 Å². The van der Waals surface area contributed by atoms with Gasteiger partial charge in [0.05, 0.1) is 12.1 Å². The molecule has 4 nitrogen and oxygen atoms in total. The van der Waals surface area contributed by atoms with Gasteiger partial charge in [0.25, 0.3) is 0 Å². The molecular formula is C14H14N2O2. The molecule has 0 saturated carbocycles. The second kappa shape index (κ2) is 5.40. The molecule has 1 heterocycles. The van der Waals surface area contributed by atoms with Crippen LogP contribution >= 0.6 is 0 Å². The van der Waals surface area contributed by atoms with Crippen molar-refractivity contribution in [1.29, 1.82) is 0 Å². The maximum absolute atomic E-state index is 11.0. The van der Waals surface area contributed by atoms with Gasteiger partial charge >= 0.3 is 5.97 Å². The van der Waals surface area contributed by atoms with Crippen LogP contribution in [-0.2, 0) is 4.79 Å². The quantitative estimate of drug-likeness (QED) is 0.894. The van der Waals surface area contributed by atoms with Gasteiger partial charge in [-0.15, -0.1) is 0 Å². The normalized spacial score (nSPS) is 12.1. The van der Waals surface area contributed by atoms with Gasteiger partial charge in [-0.2, -0.15) is 0 Å². The first-order valence-corrected chi connectivity index (χ1v) is 5.71. The lowest BCUT2D eigenvalue weighted by Gasteiger charge is -2.14. The number of carbonyl (C=O) groups is 1. The number of hydrogen-bond acceptors (Lipinski definition) is 3. The first kappa shape index (κ1) is 12.2. The van der Waals surface area contributed by atoms with Gasteiger partial charge in [0, 0.05) is 12.1 Å². The van der Waals surface area contributed by atoms with E-state index in [4.69, 9.17) is 5.11 Å². The standard InChI is InChI=1S/C14H14N2O2/c1-10-2-4-11(5-3-10)12(8-14(17)18)13-6-7-15-9-16-13/h2-7,9,12H,8H2,1H3,(H,17,18). The summed E-state index contributed by atoms with van der Waals surface area (Å²) in [6, 6.07) is 9.61. The molecule has 0 spiro atoms. The molecule has 2 rings (SSSR count). The Hall–Kier alpha value is -2.23. The SMILES string of the molecule is Cc1ccc(C(CC(=O)O)c2ccncn2)cc1. The molecule has 0 fully saturated rings. The number of carboxylic acid groups (broad SMARTS) is 1. The lowest BCUT2D eigenvalue weighted by Crippen LogP contribution is -2.09. The number of carboxylic acids is 1. The number of aromatic nitrogens is 2. The second-order valence-electron chi connectivity index (χ2n) is 4.20. The Morgan fingerprint density at radius 2 is 2.00 bits per heavy atom. The van der Waals surface area contributed by atoms with Crippen molar-refractivity contribution < 1.29 is 9.90 Å². The van der Waals surface area contributed by atoms with Crippen LogP contribution in [0.1, 0.15) is 29.2 Å². The van der Waals surface area contributed by atoms with E-state index in [1.807, 2.05) is 31.2 Å². The molecule has 0 radical (unpaired) electrons. The summed E-state index contributed by atoms with van der Waals surface area (Å²) in [7, 11) is 0. The van der Waals surface area contributed by atoms with Crippen LogP contribution < -0.4 is 0 Å². The molecule has 92 valence electrons. The molecular weight excluding hydrogens is 228 g/mol. The fraction of sp³-hybridized carbons (Fsp3) is 0.214. The Morgan fingerprint density at radius 1 is 1.28 bits per heavy atom. The minimum atomic E-state index is -0.834. The van der Waals surface area contributed by atoms with Gasteiger partial charge in [0.2, 0.25) is 0 Å². The summed E-state index contributed by atoms with van der Waals surface area (Å²) in [4.78, 5) is 19.0. The Morgan fingerprint density at radius 3 is 2.56 bits per heavy atom. The molecule has 0 aliphatic heterocycles. The first-order valence-electron chi connectivity index (χ1n) is 5.71. The topological polar surface area (TPSA) is 63.1 Å². The van der Waals surface area contributed by atoms with Crippen molar-refractivity contribution in [3.8, 4) is 0 Å². The van der Waals surface area contributed by atoms with E-state index < -0.39 is 5.97 Å². The lowest BCUT2D eigenvalue weighted by molar-refractivity contribution is -0.137. The number of aryl methyl sites for hydroxylation is 1. The minimum absolute atomic E-state index is 0.0279. The van der Waals surface area contributed by atoms with Crippen LogP contribution in [0, 0.1) is 6.92 Å². The number of hydrogen-bond donors (Lipinski definition) is 1. The van der Waals surface area contributed by atoms with E-state index in [1.54, 1.807) is 12.3 Å². The van der Waals surface area contributed by atoms with E-state index in [0.29, 0.717) is 0 Å². The Bertz CT molecular complexity index is 523. The Labute approximate surface area is 105 Å². The van der Waals surface area contributed by atoms with Gasteiger partial charge in [0.15, 0.2) is 0 Å². The average Bonchev–Trinajstić information content (AvgIpc) is 2.38. The summed E-state index contributed by atoms with van der Waals surface area (Å²) in [5.74, 6) is -1.06. The summed E-state index contributed by atoms with van der Waals surface area (Å²) in [6.07, 6.45) is 3.10. The monoisotopic (exact) mass is 242 g/mol. The van der Waals surface area contributed by atoms with Crippen molar-refractivity contribution in [2.45, 2.75) is 19.3 Å². The first-order chi connectivity index (χ1) is 8.66. The highest BCUT2D eigenvalue weighted by atomic mass is 16.4. The third-order valence-electron chi connectivity index (χ3n) is 2.82. The molecule has 1 unspecified atom stereocenters. The van der Waals surface area contributed by atoms with E-state index in [0.717, 1.165) is 16.8 Å². The van der Waals surface area contributed by atoms with Gasteiger partial charge < -0.3 is 5.11 Å². The Kier molecular flexibility index (Phi) is 3.67. The fourth-order valence-electron chi connectivity index (χ4n) is 1.87. The molecule has 1 aromatic carbocycles. The third-order valence-corrected chi connectivity index (χ3v) is 2.82. The summed E-state index contributed by atoms with van der Waals surface area (Å²) in [6.45, 7) is 2.00. The van der Waals surface area contributed by atoms with Crippen LogP contribution in [-0.4, -0.2) is 21.0 Å². The molecule has 1 aromatic heterocycles. The van der Waals surface area contributed by atoms with Crippen LogP contribution in [0.5, 0.6) is 0 Å². The highest BCUT2D eigenvalue weighted by Gasteiger charge is 2.18. The summed E-state index contributed by atoms with van der Waals surface area (Å²) in [5, 5.41) is 9.02. The van der Waals surface area contributed by atoms with Crippen LogP contribution in [0.25, 0.3) is 0 Å². The van der Waals surface area contributed by atoms with Crippen LogP contribution in [0.4, 0.5) is 0 Å². The maximum atomic E-state index is 11.0. The molecule has 0 aliphatic rings. The minimum Gasteiger partial charge on any atom is -0.481 e. The van der Waals surface area contributed by atoms with E-state index >= 15 is 0 Å². The average molecular weight is 242 g/mol. The van der Waals surface area contributed by atoms with Crippen molar-refractivity contribution in [2.75, 3.05) is 0 Å². The second-order valence-corrected chi connectivity index (χ2v) is 4.20. The number of nitrogens with zero attached hydrogens (tertiary/aromatic N) is 2. The predicted molar refractivity (Wildman–Crippen MR) is 67.3 cm³/mol. The van der Waals surface area contributed by atoms with Gasteiger partial charge in [-0.05, 0) is 18.6 Å². The molecule has 4 heteroatoms. The lowest BCUT2D eigenvalue weighted by atomic mass is 9.92. The van der Waals surface area contributed by atoms with Crippen molar-refractivity contribution in [3.63, 3.8) is 0 Å². The molecule has 1 atom stereocenters. The smallest absolute Gasteiger partial charge is 0.304 e. The summed E-state index contributed by atoms with van der Waals surface area (Å²) < 4.78 is 0. The largest absolute Gasteiger partial charge is 0.481 e. The van der Waals surface area contributed by atoms with Crippen molar-refractivity contribution in [1.82, 2.24) is 9.97 Å². The van der Waals surface area contributed by atoms with E-state index in [9.17, 15) is 4.79 Å². The highest BCUT2D eigenvalue weighted by Crippen LogP contribution is 2.26. The summed E-state index contributed by atoms with van der Waals surface area (Å²) >= 11 is 0. The molecule has 0 amide bonds.